The van der Waals surface area contributed by atoms with Crippen molar-refractivity contribution < 1.29 is 14.1 Å². The molecular formula is C9H19NO3S. The monoisotopic (exact) mass is 221 g/mol. The second-order valence-electron chi connectivity index (χ2n) is 3.76. The summed E-state index contributed by atoms with van der Waals surface area (Å²) >= 11 is 0. The Morgan fingerprint density at radius 1 is 1.64 bits per heavy atom. The van der Waals surface area contributed by atoms with Crippen molar-refractivity contribution in [2.45, 2.75) is 30.7 Å². The molecule has 5 heteroatoms. The number of aliphatic hydroxyl groups is 1. The third-order valence-electron chi connectivity index (χ3n) is 2.57. The highest BCUT2D eigenvalue weighted by Crippen LogP contribution is 2.05. The summed E-state index contributed by atoms with van der Waals surface area (Å²) in [6, 6.07) is 0.0486. The van der Waals surface area contributed by atoms with E-state index >= 15 is 0 Å². The van der Waals surface area contributed by atoms with Crippen LogP contribution >= 0.6 is 0 Å². The molecule has 0 radical (unpaired) electrons. The SMILES string of the molecule is CC(CCNC1COCC1O)S(C)=O. The number of ether oxygens (including phenoxy) is 1. The normalized spacial score (nSPS) is 31.6. The largest absolute Gasteiger partial charge is 0.389 e. The molecule has 0 aliphatic carbocycles. The molecule has 1 aliphatic heterocycles. The zero-order chi connectivity index (χ0) is 10.6. The van der Waals surface area contributed by atoms with Crippen LogP contribution in [0.25, 0.3) is 0 Å². The quantitative estimate of drug-likeness (QED) is 0.657. The van der Waals surface area contributed by atoms with Crippen LogP contribution in [0.3, 0.4) is 0 Å². The number of rotatable bonds is 5. The lowest BCUT2D eigenvalue weighted by Gasteiger charge is -2.15. The first kappa shape index (κ1) is 12.1. The summed E-state index contributed by atoms with van der Waals surface area (Å²) in [5.74, 6) is 0. The van der Waals surface area contributed by atoms with Crippen molar-refractivity contribution in [2.75, 3.05) is 26.0 Å². The Kier molecular flexibility index (Phi) is 5.01. The van der Waals surface area contributed by atoms with E-state index in [0.717, 1.165) is 13.0 Å². The van der Waals surface area contributed by atoms with Gasteiger partial charge in [-0.2, -0.15) is 0 Å². The molecule has 0 bridgehead atoms. The van der Waals surface area contributed by atoms with Crippen molar-refractivity contribution in [2.24, 2.45) is 0 Å². The highest BCUT2D eigenvalue weighted by molar-refractivity contribution is 7.84. The minimum absolute atomic E-state index is 0.0486. The predicted octanol–water partition coefficient (Wildman–Crippen LogP) is -0.507. The second-order valence-corrected chi connectivity index (χ2v) is 5.57. The van der Waals surface area contributed by atoms with Crippen LogP contribution in [0.4, 0.5) is 0 Å². The highest BCUT2D eigenvalue weighted by Gasteiger charge is 2.25. The van der Waals surface area contributed by atoms with Crippen LogP contribution in [0.2, 0.25) is 0 Å². The molecule has 1 rings (SSSR count). The van der Waals surface area contributed by atoms with Crippen molar-refractivity contribution in [3.63, 3.8) is 0 Å². The molecular weight excluding hydrogens is 202 g/mol. The summed E-state index contributed by atoms with van der Waals surface area (Å²) in [6.07, 6.45) is 2.20. The van der Waals surface area contributed by atoms with Crippen LogP contribution in [0, 0.1) is 0 Å². The van der Waals surface area contributed by atoms with E-state index in [2.05, 4.69) is 5.32 Å². The molecule has 0 aromatic rings. The van der Waals surface area contributed by atoms with Crippen molar-refractivity contribution >= 4 is 10.8 Å². The molecule has 1 aliphatic rings. The van der Waals surface area contributed by atoms with Gasteiger partial charge in [-0.1, -0.05) is 6.92 Å². The van der Waals surface area contributed by atoms with Crippen molar-refractivity contribution in [3.8, 4) is 0 Å². The minimum atomic E-state index is -0.756. The fourth-order valence-electron chi connectivity index (χ4n) is 1.38. The van der Waals surface area contributed by atoms with E-state index in [9.17, 15) is 9.32 Å². The van der Waals surface area contributed by atoms with Crippen molar-refractivity contribution in [1.29, 1.82) is 0 Å². The molecule has 1 fully saturated rings. The van der Waals surface area contributed by atoms with Crippen LogP contribution in [-0.4, -0.2) is 52.7 Å². The lowest BCUT2D eigenvalue weighted by atomic mass is 10.2. The molecule has 0 saturated carbocycles. The number of nitrogens with one attached hydrogen (secondary N) is 1. The summed E-state index contributed by atoms with van der Waals surface area (Å²) in [6.45, 7) is 3.75. The van der Waals surface area contributed by atoms with E-state index in [1.807, 2.05) is 6.92 Å². The van der Waals surface area contributed by atoms with Crippen LogP contribution in [0.1, 0.15) is 13.3 Å². The maximum absolute atomic E-state index is 11.0. The zero-order valence-electron chi connectivity index (χ0n) is 8.73. The summed E-state index contributed by atoms with van der Waals surface area (Å²) in [5, 5.41) is 12.8. The van der Waals surface area contributed by atoms with Crippen molar-refractivity contribution in [1.82, 2.24) is 5.32 Å². The summed E-state index contributed by atoms with van der Waals surface area (Å²) in [4.78, 5) is 0. The average Bonchev–Trinajstić information content (AvgIpc) is 2.51. The minimum Gasteiger partial charge on any atom is -0.389 e. The highest BCUT2D eigenvalue weighted by atomic mass is 32.2. The Morgan fingerprint density at radius 3 is 2.86 bits per heavy atom. The summed E-state index contributed by atoms with van der Waals surface area (Å²) < 4.78 is 16.1. The molecule has 14 heavy (non-hydrogen) atoms. The first-order valence-electron chi connectivity index (χ1n) is 4.92. The molecule has 2 N–H and O–H groups in total. The van der Waals surface area contributed by atoms with E-state index in [0.29, 0.717) is 13.2 Å². The maximum atomic E-state index is 11.0. The molecule has 4 unspecified atom stereocenters. The van der Waals surface area contributed by atoms with Gasteiger partial charge < -0.3 is 15.2 Å². The smallest absolute Gasteiger partial charge is 0.0948 e. The van der Waals surface area contributed by atoms with Gasteiger partial charge in [0, 0.05) is 22.3 Å². The Labute approximate surface area is 87.5 Å². The van der Waals surface area contributed by atoms with E-state index in [-0.39, 0.29) is 11.3 Å². The van der Waals surface area contributed by atoms with Gasteiger partial charge in [0.25, 0.3) is 0 Å². The number of aliphatic hydroxyl groups excluding tert-OH is 1. The summed E-state index contributed by atoms with van der Waals surface area (Å²) in [7, 11) is -0.756. The van der Waals surface area contributed by atoms with Crippen LogP contribution in [0.5, 0.6) is 0 Å². The van der Waals surface area contributed by atoms with Crippen molar-refractivity contribution in [3.05, 3.63) is 0 Å². The van der Waals surface area contributed by atoms with E-state index in [4.69, 9.17) is 4.74 Å². The lowest BCUT2D eigenvalue weighted by Crippen LogP contribution is -2.40. The molecule has 0 aromatic carbocycles. The maximum Gasteiger partial charge on any atom is 0.0948 e. The molecule has 0 amide bonds. The van der Waals surface area contributed by atoms with Gasteiger partial charge in [0.2, 0.25) is 0 Å². The predicted molar refractivity (Wildman–Crippen MR) is 56.8 cm³/mol. The first-order chi connectivity index (χ1) is 6.61. The Hall–Kier alpha value is 0.0300. The molecule has 4 atom stereocenters. The van der Waals surface area contributed by atoms with Crippen LogP contribution < -0.4 is 5.32 Å². The fourth-order valence-corrected chi connectivity index (χ4v) is 1.83. The van der Waals surface area contributed by atoms with Crippen LogP contribution in [0.15, 0.2) is 0 Å². The molecule has 4 nitrogen and oxygen atoms in total. The van der Waals surface area contributed by atoms with Gasteiger partial charge in [-0.05, 0) is 13.0 Å². The topological polar surface area (TPSA) is 58.6 Å². The Morgan fingerprint density at radius 2 is 2.36 bits per heavy atom. The van der Waals surface area contributed by atoms with E-state index < -0.39 is 16.9 Å². The van der Waals surface area contributed by atoms with Gasteiger partial charge in [-0.15, -0.1) is 0 Å². The molecule has 0 aromatic heterocycles. The third-order valence-corrected chi connectivity index (χ3v) is 3.94. The van der Waals surface area contributed by atoms with Gasteiger partial charge in [0.15, 0.2) is 0 Å². The van der Waals surface area contributed by atoms with Crippen LogP contribution in [-0.2, 0) is 15.5 Å². The van der Waals surface area contributed by atoms with Gasteiger partial charge in [0.1, 0.15) is 0 Å². The fraction of sp³-hybridized carbons (Fsp3) is 1.00. The average molecular weight is 221 g/mol. The van der Waals surface area contributed by atoms with E-state index in [1.54, 1.807) is 6.26 Å². The van der Waals surface area contributed by atoms with Gasteiger partial charge in [0.05, 0.1) is 25.4 Å². The Bertz CT molecular complexity index is 200. The first-order valence-corrected chi connectivity index (χ1v) is 6.55. The second kappa shape index (κ2) is 5.80. The summed E-state index contributed by atoms with van der Waals surface area (Å²) in [5.41, 5.74) is 0. The number of hydrogen-bond donors (Lipinski definition) is 2. The molecule has 84 valence electrons. The van der Waals surface area contributed by atoms with Gasteiger partial charge in [-0.25, -0.2) is 0 Å². The Balaban J connectivity index is 2.11. The number of hydrogen-bond acceptors (Lipinski definition) is 4. The third kappa shape index (κ3) is 3.65. The standard InChI is InChI=1S/C9H19NO3S/c1-7(14(2)12)3-4-10-8-5-13-6-9(8)11/h7-11H,3-6H2,1-2H3. The molecule has 1 heterocycles. The van der Waals surface area contributed by atoms with E-state index in [1.165, 1.54) is 0 Å². The van der Waals surface area contributed by atoms with Gasteiger partial charge >= 0.3 is 0 Å². The lowest BCUT2D eigenvalue weighted by molar-refractivity contribution is 0.122. The zero-order valence-corrected chi connectivity index (χ0v) is 9.55. The molecule has 1 saturated heterocycles. The molecule has 0 spiro atoms. The van der Waals surface area contributed by atoms with Gasteiger partial charge in [-0.3, -0.25) is 4.21 Å².